The molecule has 0 spiro atoms. The van der Waals surface area contributed by atoms with Crippen LogP contribution in [0.2, 0.25) is 0 Å². The molecule has 2 fully saturated rings. The van der Waals surface area contributed by atoms with Gasteiger partial charge in [-0.05, 0) is 18.9 Å². The number of hydrogen-bond donors (Lipinski definition) is 0. The summed E-state index contributed by atoms with van der Waals surface area (Å²) in [4.78, 5) is 23.6. The second kappa shape index (κ2) is 5.97. The third-order valence-corrected chi connectivity index (χ3v) is 5.89. The Balaban J connectivity index is 1.80. The first-order chi connectivity index (χ1) is 10.9. The number of aryl methyl sites for hydroxylation is 1. The van der Waals surface area contributed by atoms with E-state index in [9.17, 15) is 18.0 Å². The Morgan fingerprint density at radius 2 is 2.04 bits per heavy atom. The van der Waals surface area contributed by atoms with Gasteiger partial charge in [-0.2, -0.15) is 4.31 Å². The van der Waals surface area contributed by atoms with Crippen molar-refractivity contribution in [3.05, 3.63) is 18.0 Å². The number of carbonyl (C=O) groups is 2. The Kier molecular flexibility index (Phi) is 4.15. The summed E-state index contributed by atoms with van der Waals surface area (Å²) in [7, 11) is -2.04. The fraction of sp³-hybridized carbons (Fsp3) is 0.571. The quantitative estimate of drug-likeness (QED) is 0.730. The number of hydrogen-bond acceptors (Lipinski definition) is 6. The molecule has 2 saturated heterocycles. The third-order valence-electron chi connectivity index (χ3n) is 4.03. The average Bonchev–Trinajstić information content (AvgIpc) is 3.20. The molecular weight excluding hydrogens is 324 g/mol. The summed E-state index contributed by atoms with van der Waals surface area (Å²) in [5.41, 5.74) is 0.0856. The molecule has 2 aliphatic rings. The number of ether oxygens (including phenoxy) is 2. The molecule has 0 unspecified atom stereocenters. The third kappa shape index (κ3) is 2.98. The van der Waals surface area contributed by atoms with E-state index in [-0.39, 0.29) is 17.2 Å². The predicted molar refractivity (Wildman–Crippen MR) is 78.2 cm³/mol. The zero-order valence-electron chi connectivity index (χ0n) is 12.7. The van der Waals surface area contributed by atoms with Crippen molar-refractivity contribution in [3.63, 3.8) is 0 Å². The van der Waals surface area contributed by atoms with Gasteiger partial charge in [-0.3, -0.25) is 0 Å². The molecule has 0 amide bonds. The fourth-order valence-electron chi connectivity index (χ4n) is 2.73. The largest absolute Gasteiger partial charge is 0.463 e. The highest BCUT2D eigenvalue weighted by Crippen LogP contribution is 2.23. The van der Waals surface area contributed by atoms with E-state index in [1.54, 1.807) is 7.05 Å². The average molecular weight is 342 g/mol. The van der Waals surface area contributed by atoms with E-state index < -0.39 is 28.1 Å². The van der Waals surface area contributed by atoms with Crippen LogP contribution in [0.15, 0.2) is 17.2 Å². The number of esters is 2. The molecule has 23 heavy (non-hydrogen) atoms. The van der Waals surface area contributed by atoms with Crippen LogP contribution in [0.3, 0.4) is 0 Å². The van der Waals surface area contributed by atoms with Crippen LogP contribution in [-0.2, 0) is 31.3 Å². The van der Waals surface area contributed by atoms with Crippen LogP contribution in [0.1, 0.15) is 29.8 Å². The molecule has 8 nitrogen and oxygen atoms in total. The van der Waals surface area contributed by atoms with Crippen LogP contribution in [0.4, 0.5) is 0 Å². The normalized spacial score (nSPS) is 22.3. The van der Waals surface area contributed by atoms with E-state index in [4.69, 9.17) is 9.47 Å². The number of cyclic esters (lactones) is 1. The first-order valence-corrected chi connectivity index (χ1v) is 8.88. The van der Waals surface area contributed by atoms with E-state index in [0.717, 1.165) is 12.8 Å². The fourth-order valence-corrected chi connectivity index (χ4v) is 4.32. The number of sulfonamides is 1. The highest BCUT2D eigenvalue weighted by molar-refractivity contribution is 7.89. The maximum absolute atomic E-state index is 12.5. The zero-order valence-corrected chi connectivity index (χ0v) is 13.5. The van der Waals surface area contributed by atoms with Crippen molar-refractivity contribution in [2.45, 2.75) is 30.3 Å². The monoisotopic (exact) mass is 342 g/mol. The molecule has 0 aliphatic carbocycles. The van der Waals surface area contributed by atoms with Crippen molar-refractivity contribution in [2.75, 3.05) is 19.7 Å². The van der Waals surface area contributed by atoms with Crippen LogP contribution in [0.5, 0.6) is 0 Å². The first kappa shape index (κ1) is 16.0. The highest BCUT2D eigenvalue weighted by Gasteiger charge is 2.33. The summed E-state index contributed by atoms with van der Waals surface area (Å²) in [6, 6.07) is 1.29. The lowest BCUT2D eigenvalue weighted by Crippen LogP contribution is -2.27. The van der Waals surface area contributed by atoms with Crippen molar-refractivity contribution in [1.82, 2.24) is 8.87 Å². The van der Waals surface area contributed by atoms with Gasteiger partial charge in [-0.25, -0.2) is 18.0 Å². The molecule has 126 valence electrons. The second-order valence-electron chi connectivity index (χ2n) is 5.63. The number of rotatable bonds is 4. The first-order valence-electron chi connectivity index (χ1n) is 7.44. The van der Waals surface area contributed by atoms with E-state index in [1.807, 2.05) is 0 Å². The Bertz CT molecular complexity index is 732. The summed E-state index contributed by atoms with van der Waals surface area (Å²) in [5, 5.41) is 0. The molecule has 3 heterocycles. The molecule has 0 N–H and O–H groups in total. The lowest BCUT2D eigenvalue weighted by atomic mass is 10.3. The van der Waals surface area contributed by atoms with E-state index in [1.165, 1.54) is 21.1 Å². The molecule has 0 bridgehead atoms. The van der Waals surface area contributed by atoms with Crippen LogP contribution in [0.25, 0.3) is 0 Å². The minimum atomic E-state index is -3.60. The van der Waals surface area contributed by atoms with E-state index in [2.05, 4.69) is 0 Å². The Morgan fingerprint density at radius 1 is 1.35 bits per heavy atom. The number of aromatic nitrogens is 1. The van der Waals surface area contributed by atoms with Gasteiger partial charge in [-0.15, -0.1) is 0 Å². The second-order valence-corrected chi connectivity index (χ2v) is 7.57. The SMILES string of the molecule is Cn1cc(S(=O)(=O)N2CCCC2)cc1C(=O)O[C@H]1CCOC1=O. The molecule has 9 heteroatoms. The van der Waals surface area contributed by atoms with Crippen molar-refractivity contribution < 1.29 is 27.5 Å². The minimum absolute atomic E-state index is 0.0582. The molecule has 1 aromatic heterocycles. The maximum atomic E-state index is 12.5. The van der Waals surface area contributed by atoms with E-state index >= 15 is 0 Å². The van der Waals surface area contributed by atoms with Crippen LogP contribution < -0.4 is 0 Å². The topological polar surface area (TPSA) is 94.9 Å². The van der Waals surface area contributed by atoms with Crippen molar-refractivity contribution in [1.29, 1.82) is 0 Å². The van der Waals surface area contributed by atoms with Gasteiger partial charge in [0.2, 0.25) is 16.1 Å². The van der Waals surface area contributed by atoms with Gasteiger partial charge in [0, 0.05) is 32.8 Å². The van der Waals surface area contributed by atoms with Gasteiger partial charge >= 0.3 is 11.9 Å². The van der Waals surface area contributed by atoms with Gasteiger partial charge in [0.25, 0.3) is 0 Å². The van der Waals surface area contributed by atoms with Crippen LogP contribution in [-0.4, -0.2) is 55.0 Å². The summed E-state index contributed by atoms with van der Waals surface area (Å²) >= 11 is 0. The summed E-state index contributed by atoms with van der Waals surface area (Å²) in [6.07, 6.45) is 2.46. The molecule has 3 rings (SSSR count). The Hall–Kier alpha value is -1.87. The molecule has 1 atom stereocenters. The molecule has 0 aromatic carbocycles. The van der Waals surface area contributed by atoms with Gasteiger partial charge in [0.05, 0.1) is 6.61 Å². The van der Waals surface area contributed by atoms with Crippen LogP contribution >= 0.6 is 0 Å². The van der Waals surface area contributed by atoms with Crippen molar-refractivity contribution >= 4 is 22.0 Å². The lowest BCUT2D eigenvalue weighted by Gasteiger charge is -2.13. The van der Waals surface area contributed by atoms with Gasteiger partial charge < -0.3 is 14.0 Å². The lowest BCUT2D eigenvalue weighted by molar-refractivity contribution is -0.145. The molecule has 1 aromatic rings. The standard InChI is InChI=1S/C14H18N2O6S/c1-15-9-10(23(19,20)16-5-2-3-6-16)8-11(15)13(17)22-12-4-7-21-14(12)18/h8-9,12H,2-7H2,1H3/t12-/m0/s1. The van der Waals surface area contributed by atoms with Gasteiger partial charge in [0.1, 0.15) is 10.6 Å². The number of nitrogens with zero attached hydrogens (tertiary/aromatic N) is 2. The number of carbonyl (C=O) groups excluding carboxylic acids is 2. The summed E-state index contributed by atoms with van der Waals surface area (Å²) < 4.78 is 37.6. The molecule has 0 saturated carbocycles. The smallest absolute Gasteiger partial charge is 0.355 e. The Morgan fingerprint density at radius 3 is 2.65 bits per heavy atom. The Labute approximate surface area is 134 Å². The minimum Gasteiger partial charge on any atom is -0.463 e. The van der Waals surface area contributed by atoms with Crippen LogP contribution in [0, 0.1) is 0 Å². The molecule has 2 aliphatic heterocycles. The summed E-state index contributed by atoms with van der Waals surface area (Å²) in [5.74, 6) is -1.31. The molecule has 0 radical (unpaired) electrons. The molecular formula is C14H18N2O6S. The van der Waals surface area contributed by atoms with Crippen molar-refractivity contribution in [2.24, 2.45) is 7.05 Å². The van der Waals surface area contributed by atoms with Gasteiger partial charge in [-0.1, -0.05) is 0 Å². The van der Waals surface area contributed by atoms with Gasteiger partial charge in [0.15, 0.2) is 0 Å². The van der Waals surface area contributed by atoms with E-state index in [0.29, 0.717) is 19.5 Å². The predicted octanol–water partition coefficient (Wildman–Crippen LogP) is 0.282. The van der Waals surface area contributed by atoms with Crippen molar-refractivity contribution in [3.8, 4) is 0 Å². The summed E-state index contributed by atoms with van der Waals surface area (Å²) in [6.45, 7) is 1.20. The highest BCUT2D eigenvalue weighted by atomic mass is 32.2. The maximum Gasteiger partial charge on any atom is 0.355 e. The zero-order chi connectivity index (χ0) is 16.6.